The van der Waals surface area contributed by atoms with E-state index in [1.807, 2.05) is 26.8 Å². The molecule has 0 aliphatic rings. The number of nitrogens with zero attached hydrogens (tertiary/aromatic N) is 3. The van der Waals surface area contributed by atoms with E-state index in [1.165, 1.54) is 0 Å². The summed E-state index contributed by atoms with van der Waals surface area (Å²) in [6.07, 6.45) is 5.23. The molecule has 2 rings (SSSR count). The van der Waals surface area contributed by atoms with Gasteiger partial charge in [0.15, 0.2) is 0 Å². The van der Waals surface area contributed by atoms with Crippen LogP contribution in [0.4, 0.5) is 5.95 Å². The van der Waals surface area contributed by atoms with E-state index < -0.39 is 0 Å². The summed E-state index contributed by atoms with van der Waals surface area (Å²) in [5, 5.41) is 0. The van der Waals surface area contributed by atoms with Crippen LogP contribution in [0.3, 0.4) is 0 Å². The van der Waals surface area contributed by atoms with Gasteiger partial charge in [0.05, 0.1) is 18.0 Å². The molecule has 0 spiro atoms. The second-order valence-electron chi connectivity index (χ2n) is 4.34. The highest BCUT2D eigenvalue weighted by Crippen LogP contribution is 2.24. The van der Waals surface area contributed by atoms with Gasteiger partial charge in [0.2, 0.25) is 5.95 Å². The molecule has 94 valence electrons. The average Bonchev–Trinajstić information content (AvgIpc) is 2.32. The van der Waals surface area contributed by atoms with Crippen LogP contribution in [-0.2, 0) is 0 Å². The van der Waals surface area contributed by atoms with Gasteiger partial charge in [-0.2, -0.15) is 0 Å². The SMILES string of the molecule is Cc1cnc(N)nc1-c1cncc(OC(C)C)c1. The molecule has 18 heavy (non-hydrogen) atoms. The van der Waals surface area contributed by atoms with Crippen molar-refractivity contribution >= 4 is 5.95 Å². The molecule has 2 aromatic rings. The Morgan fingerprint density at radius 3 is 2.72 bits per heavy atom. The molecule has 0 radical (unpaired) electrons. The van der Waals surface area contributed by atoms with Gasteiger partial charge in [0.1, 0.15) is 5.75 Å². The van der Waals surface area contributed by atoms with Crippen LogP contribution in [0.15, 0.2) is 24.7 Å². The molecule has 2 N–H and O–H groups in total. The maximum absolute atomic E-state index is 5.61. The number of aromatic nitrogens is 3. The number of anilines is 1. The molecule has 2 aromatic heterocycles. The Hall–Kier alpha value is -2.17. The van der Waals surface area contributed by atoms with Crippen molar-refractivity contribution in [2.24, 2.45) is 0 Å². The minimum absolute atomic E-state index is 0.110. The second kappa shape index (κ2) is 5.00. The molecule has 0 saturated heterocycles. The zero-order valence-electron chi connectivity index (χ0n) is 10.7. The molecule has 0 aliphatic carbocycles. The zero-order chi connectivity index (χ0) is 13.1. The highest BCUT2D eigenvalue weighted by atomic mass is 16.5. The summed E-state index contributed by atoms with van der Waals surface area (Å²) in [5.74, 6) is 0.977. The molecule has 0 bridgehead atoms. The molecule has 0 aliphatic heterocycles. The third kappa shape index (κ3) is 2.74. The number of rotatable bonds is 3. The van der Waals surface area contributed by atoms with E-state index in [9.17, 15) is 0 Å². The normalized spacial score (nSPS) is 10.7. The first-order valence-corrected chi connectivity index (χ1v) is 5.77. The van der Waals surface area contributed by atoms with E-state index in [0.717, 1.165) is 22.6 Å². The monoisotopic (exact) mass is 244 g/mol. The molecule has 2 heterocycles. The third-order valence-electron chi connectivity index (χ3n) is 2.35. The summed E-state index contributed by atoms with van der Waals surface area (Å²) in [5.41, 5.74) is 8.22. The molecule has 5 heteroatoms. The Kier molecular flexibility index (Phi) is 3.41. The minimum Gasteiger partial charge on any atom is -0.489 e. The van der Waals surface area contributed by atoms with Crippen LogP contribution in [0.5, 0.6) is 5.75 Å². The summed E-state index contributed by atoms with van der Waals surface area (Å²) in [6.45, 7) is 5.88. The fourth-order valence-electron chi connectivity index (χ4n) is 1.63. The number of hydrogen-bond acceptors (Lipinski definition) is 5. The minimum atomic E-state index is 0.110. The topological polar surface area (TPSA) is 73.9 Å². The average molecular weight is 244 g/mol. The van der Waals surface area contributed by atoms with Crippen LogP contribution < -0.4 is 10.5 Å². The van der Waals surface area contributed by atoms with Gasteiger partial charge in [-0.1, -0.05) is 0 Å². The number of pyridine rings is 1. The molecule has 5 nitrogen and oxygen atoms in total. The lowest BCUT2D eigenvalue weighted by Crippen LogP contribution is -2.06. The predicted molar refractivity (Wildman–Crippen MR) is 70.2 cm³/mol. The Balaban J connectivity index is 2.41. The predicted octanol–water partition coefficient (Wildman–Crippen LogP) is 2.22. The van der Waals surface area contributed by atoms with Gasteiger partial charge >= 0.3 is 0 Å². The van der Waals surface area contributed by atoms with Crippen LogP contribution in [0.2, 0.25) is 0 Å². The van der Waals surface area contributed by atoms with Crippen LogP contribution in [0, 0.1) is 6.92 Å². The maximum Gasteiger partial charge on any atom is 0.220 e. The fourth-order valence-corrected chi connectivity index (χ4v) is 1.63. The first kappa shape index (κ1) is 12.3. The number of nitrogen functional groups attached to an aromatic ring is 1. The lowest BCUT2D eigenvalue weighted by atomic mass is 10.1. The van der Waals surface area contributed by atoms with Crippen LogP contribution in [0.25, 0.3) is 11.3 Å². The van der Waals surface area contributed by atoms with Crippen molar-refractivity contribution in [1.82, 2.24) is 15.0 Å². The van der Waals surface area contributed by atoms with Gasteiger partial charge in [-0.25, -0.2) is 9.97 Å². The first-order valence-electron chi connectivity index (χ1n) is 5.77. The fraction of sp³-hybridized carbons (Fsp3) is 0.308. The second-order valence-corrected chi connectivity index (χ2v) is 4.34. The van der Waals surface area contributed by atoms with Gasteiger partial charge < -0.3 is 10.5 Å². The molecule has 0 unspecified atom stereocenters. The van der Waals surface area contributed by atoms with Crippen molar-refractivity contribution in [3.8, 4) is 17.0 Å². The van der Waals surface area contributed by atoms with E-state index in [-0.39, 0.29) is 12.1 Å². The Labute approximate surface area is 106 Å². The highest BCUT2D eigenvalue weighted by molar-refractivity contribution is 5.63. The lowest BCUT2D eigenvalue weighted by Gasteiger charge is -2.11. The molecular weight excluding hydrogens is 228 g/mol. The smallest absolute Gasteiger partial charge is 0.220 e. The molecule has 0 saturated carbocycles. The number of nitrogens with two attached hydrogens (primary N) is 1. The molecule has 0 fully saturated rings. The van der Waals surface area contributed by atoms with E-state index >= 15 is 0 Å². The molecular formula is C13H16N4O. The van der Waals surface area contributed by atoms with Crippen molar-refractivity contribution < 1.29 is 4.74 Å². The van der Waals surface area contributed by atoms with Crippen LogP contribution in [-0.4, -0.2) is 21.1 Å². The van der Waals surface area contributed by atoms with Crippen molar-refractivity contribution in [2.45, 2.75) is 26.9 Å². The van der Waals surface area contributed by atoms with E-state index in [2.05, 4.69) is 15.0 Å². The van der Waals surface area contributed by atoms with Gasteiger partial charge in [-0.05, 0) is 32.4 Å². The summed E-state index contributed by atoms with van der Waals surface area (Å²) >= 11 is 0. The summed E-state index contributed by atoms with van der Waals surface area (Å²) < 4.78 is 5.61. The van der Waals surface area contributed by atoms with Gasteiger partial charge in [-0.15, -0.1) is 0 Å². The third-order valence-corrected chi connectivity index (χ3v) is 2.35. The van der Waals surface area contributed by atoms with Crippen molar-refractivity contribution in [2.75, 3.05) is 5.73 Å². The van der Waals surface area contributed by atoms with E-state index in [4.69, 9.17) is 10.5 Å². The summed E-state index contributed by atoms with van der Waals surface area (Å²) in [6, 6.07) is 1.90. The van der Waals surface area contributed by atoms with E-state index in [0.29, 0.717) is 0 Å². The van der Waals surface area contributed by atoms with Crippen molar-refractivity contribution in [3.63, 3.8) is 0 Å². The molecule has 0 amide bonds. The standard InChI is InChI=1S/C13H16N4O/c1-8(2)18-11-4-10(6-15-7-11)12-9(3)5-16-13(14)17-12/h4-8H,1-3H3,(H2,14,16,17). The Morgan fingerprint density at radius 1 is 1.22 bits per heavy atom. The number of aryl methyl sites for hydroxylation is 1. The Bertz CT molecular complexity index is 554. The van der Waals surface area contributed by atoms with Crippen LogP contribution >= 0.6 is 0 Å². The largest absolute Gasteiger partial charge is 0.489 e. The summed E-state index contributed by atoms with van der Waals surface area (Å²) in [7, 11) is 0. The molecule has 0 atom stereocenters. The van der Waals surface area contributed by atoms with Gasteiger partial charge in [0.25, 0.3) is 0 Å². The number of hydrogen-bond donors (Lipinski definition) is 1. The van der Waals surface area contributed by atoms with Gasteiger partial charge in [0, 0.05) is 18.0 Å². The van der Waals surface area contributed by atoms with Crippen LogP contribution in [0.1, 0.15) is 19.4 Å². The van der Waals surface area contributed by atoms with E-state index in [1.54, 1.807) is 18.6 Å². The summed E-state index contributed by atoms with van der Waals surface area (Å²) in [4.78, 5) is 12.3. The van der Waals surface area contributed by atoms with Crippen molar-refractivity contribution in [3.05, 3.63) is 30.2 Å². The Morgan fingerprint density at radius 2 is 2.00 bits per heavy atom. The van der Waals surface area contributed by atoms with Gasteiger partial charge in [-0.3, -0.25) is 4.98 Å². The maximum atomic E-state index is 5.61. The number of ether oxygens (including phenoxy) is 1. The lowest BCUT2D eigenvalue weighted by molar-refractivity contribution is 0.241. The highest BCUT2D eigenvalue weighted by Gasteiger charge is 2.07. The quantitative estimate of drug-likeness (QED) is 0.896. The van der Waals surface area contributed by atoms with Crippen molar-refractivity contribution in [1.29, 1.82) is 0 Å². The first-order chi connectivity index (χ1) is 8.56. The zero-order valence-corrected chi connectivity index (χ0v) is 10.7. The molecule has 0 aromatic carbocycles.